The average Bonchev–Trinajstić information content (AvgIpc) is 2.22. The van der Waals surface area contributed by atoms with Gasteiger partial charge in [-0.25, -0.2) is 4.79 Å². The molecule has 0 aromatic carbocycles. The third-order valence-corrected chi connectivity index (χ3v) is 1.60. The molecule has 0 fully saturated rings. The number of ketones is 1. The molecule has 0 saturated heterocycles. The minimum Gasteiger partial charge on any atom is -0.467 e. The van der Waals surface area contributed by atoms with Crippen molar-refractivity contribution in [1.29, 1.82) is 5.41 Å². The molecule has 0 aromatic rings. The number of Topliss-reactive ketones (excluding diaryl/α,β-unsaturated/α-hetero) is 1. The van der Waals surface area contributed by atoms with Gasteiger partial charge in [-0.15, -0.1) is 0 Å². The number of esters is 1. The lowest BCUT2D eigenvalue weighted by atomic mass is 10.1. The van der Waals surface area contributed by atoms with Crippen molar-refractivity contribution in [2.45, 2.75) is 18.9 Å². The molecule has 0 radical (unpaired) electrons. The second-order valence-corrected chi connectivity index (χ2v) is 2.51. The Kier molecular flexibility index (Phi) is 5.93. The van der Waals surface area contributed by atoms with Crippen LogP contribution in [0.15, 0.2) is 0 Å². The van der Waals surface area contributed by atoms with Crippen LogP contribution in [0.3, 0.4) is 0 Å². The highest BCUT2D eigenvalue weighted by Crippen LogP contribution is 1.99. The fourth-order valence-corrected chi connectivity index (χ4v) is 0.852. The molecule has 1 atom stereocenters. The lowest BCUT2D eigenvalue weighted by molar-refractivity contribution is -0.144. The van der Waals surface area contributed by atoms with E-state index in [9.17, 15) is 14.4 Å². The van der Waals surface area contributed by atoms with Crippen LogP contribution in [0.2, 0.25) is 0 Å². The fourth-order valence-electron chi connectivity index (χ4n) is 0.852. The summed E-state index contributed by atoms with van der Waals surface area (Å²) in [7, 11) is 1.19. The van der Waals surface area contributed by atoms with Gasteiger partial charge in [0, 0.05) is 6.42 Å². The number of carbonyl (C=O) groups excluding carboxylic acids is 3. The zero-order chi connectivity index (χ0) is 11.0. The minimum atomic E-state index is -0.818. The topological polar surface area (TPSA) is 96.3 Å². The minimum absolute atomic E-state index is 0.0319. The van der Waals surface area contributed by atoms with Crippen molar-refractivity contribution in [2.24, 2.45) is 0 Å². The van der Waals surface area contributed by atoms with Crippen LogP contribution in [0.1, 0.15) is 12.8 Å². The van der Waals surface area contributed by atoms with Crippen LogP contribution >= 0.6 is 0 Å². The Hall–Kier alpha value is -1.72. The first-order valence-corrected chi connectivity index (χ1v) is 3.96. The maximum absolute atomic E-state index is 11.0. The zero-order valence-corrected chi connectivity index (χ0v) is 7.78. The molecule has 14 heavy (non-hydrogen) atoms. The summed E-state index contributed by atoms with van der Waals surface area (Å²) in [5.41, 5.74) is 0. The summed E-state index contributed by atoms with van der Waals surface area (Å²) in [4.78, 5) is 31.8. The maximum Gasteiger partial charge on any atom is 0.328 e. The number of hydrogen-bond donors (Lipinski definition) is 2. The van der Waals surface area contributed by atoms with E-state index in [0.717, 1.165) is 0 Å². The van der Waals surface area contributed by atoms with Crippen molar-refractivity contribution in [1.82, 2.24) is 5.32 Å². The number of amides is 1. The van der Waals surface area contributed by atoms with Gasteiger partial charge in [0.2, 0.25) is 6.41 Å². The van der Waals surface area contributed by atoms with E-state index in [1.807, 2.05) is 0 Å². The maximum atomic E-state index is 11.0. The molecule has 6 nitrogen and oxygen atoms in total. The van der Waals surface area contributed by atoms with Crippen molar-refractivity contribution in [3.05, 3.63) is 0 Å². The quantitative estimate of drug-likeness (QED) is 0.322. The van der Waals surface area contributed by atoms with Crippen LogP contribution in [0.25, 0.3) is 0 Å². The van der Waals surface area contributed by atoms with Crippen LogP contribution in [0.5, 0.6) is 0 Å². The van der Waals surface area contributed by atoms with Gasteiger partial charge in [0.1, 0.15) is 6.04 Å². The van der Waals surface area contributed by atoms with Gasteiger partial charge in [0.05, 0.1) is 13.3 Å². The van der Waals surface area contributed by atoms with Crippen molar-refractivity contribution in [2.75, 3.05) is 7.11 Å². The van der Waals surface area contributed by atoms with Gasteiger partial charge in [0.15, 0.2) is 5.78 Å². The average molecular weight is 200 g/mol. The Bertz CT molecular complexity index is 239. The predicted molar refractivity (Wildman–Crippen MR) is 48.0 cm³/mol. The summed E-state index contributed by atoms with van der Waals surface area (Å²) >= 11 is 0. The molecule has 6 heteroatoms. The first-order valence-electron chi connectivity index (χ1n) is 3.96. The molecule has 0 saturated carbocycles. The van der Waals surface area contributed by atoms with Gasteiger partial charge in [-0.1, -0.05) is 0 Å². The molecule has 0 bridgehead atoms. The summed E-state index contributed by atoms with van der Waals surface area (Å²) in [5, 5.41) is 8.86. The smallest absolute Gasteiger partial charge is 0.328 e. The SMILES string of the molecule is COC(=O)C(CCC(=O)C=N)NC=O. The molecule has 0 heterocycles. The molecule has 0 spiro atoms. The van der Waals surface area contributed by atoms with Gasteiger partial charge in [-0.2, -0.15) is 0 Å². The van der Waals surface area contributed by atoms with Crippen LogP contribution < -0.4 is 5.32 Å². The number of hydrogen-bond acceptors (Lipinski definition) is 5. The normalized spacial score (nSPS) is 11.2. The first kappa shape index (κ1) is 12.3. The third-order valence-electron chi connectivity index (χ3n) is 1.60. The number of carbonyl (C=O) groups is 3. The number of rotatable bonds is 7. The van der Waals surface area contributed by atoms with Crippen molar-refractivity contribution in [3.63, 3.8) is 0 Å². The molecule has 2 N–H and O–H groups in total. The lowest BCUT2D eigenvalue weighted by Gasteiger charge is -2.11. The van der Waals surface area contributed by atoms with Crippen LogP contribution in [0, 0.1) is 5.41 Å². The van der Waals surface area contributed by atoms with E-state index >= 15 is 0 Å². The van der Waals surface area contributed by atoms with E-state index in [0.29, 0.717) is 12.6 Å². The molecule has 1 unspecified atom stereocenters. The Morgan fingerprint density at radius 1 is 1.57 bits per heavy atom. The fraction of sp³-hybridized carbons (Fsp3) is 0.500. The Morgan fingerprint density at radius 3 is 2.64 bits per heavy atom. The van der Waals surface area contributed by atoms with Crippen molar-refractivity contribution in [3.8, 4) is 0 Å². The van der Waals surface area contributed by atoms with Gasteiger partial charge in [0.25, 0.3) is 0 Å². The van der Waals surface area contributed by atoms with E-state index in [4.69, 9.17) is 5.41 Å². The molecule has 0 aliphatic heterocycles. The zero-order valence-electron chi connectivity index (χ0n) is 7.78. The number of methoxy groups -OCH3 is 1. The summed E-state index contributed by atoms with van der Waals surface area (Å²) in [6.07, 6.45) is 1.22. The lowest BCUT2D eigenvalue weighted by Crippen LogP contribution is -2.37. The predicted octanol–water partition coefficient (Wildman–Crippen LogP) is -0.727. The highest BCUT2D eigenvalue weighted by atomic mass is 16.5. The van der Waals surface area contributed by atoms with E-state index < -0.39 is 17.8 Å². The van der Waals surface area contributed by atoms with Crippen molar-refractivity contribution < 1.29 is 19.1 Å². The van der Waals surface area contributed by atoms with E-state index in [-0.39, 0.29) is 12.8 Å². The summed E-state index contributed by atoms with van der Waals surface area (Å²) in [5.74, 6) is -0.999. The monoisotopic (exact) mass is 200 g/mol. The number of nitrogens with one attached hydrogen (secondary N) is 2. The second kappa shape index (κ2) is 6.76. The molecule has 0 rings (SSSR count). The highest BCUT2D eigenvalue weighted by molar-refractivity contribution is 6.26. The summed E-state index contributed by atoms with van der Waals surface area (Å²) in [6, 6.07) is -0.818. The van der Waals surface area contributed by atoms with Crippen molar-refractivity contribution >= 4 is 24.4 Å². The van der Waals surface area contributed by atoms with Gasteiger partial charge < -0.3 is 15.5 Å². The third kappa shape index (κ3) is 4.34. The van der Waals surface area contributed by atoms with Crippen LogP contribution in [-0.4, -0.2) is 37.5 Å². The standard InChI is InChI=1S/C8H12N2O4/c1-14-8(13)7(10-5-11)3-2-6(12)4-9/h4-5,7,9H,2-3H2,1H3,(H,10,11). The van der Waals surface area contributed by atoms with Gasteiger partial charge in [-0.3, -0.25) is 9.59 Å². The molecule has 0 aromatic heterocycles. The molecule has 0 aliphatic rings. The molecule has 1 amide bonds. The van der Waals surface area contributed by atoms with E-state index in [2.05, 4.69) is 10.1 Å². The molecular formula is C8H12N2O4. The highest BCUT2D eigenvalue weighted by Gasteiger charge is 2.18. The van der Waals surface area contributed by atoms with E-state index in [1.165, 1.54) is 7.11 Å². The van der Waals surface area contributed by atoms with Crippen LogP contribution in [0.4, 0.5) is 0 Å². The van der Waals surface area contributed by atoms with Crippen LogP contribution in [-0.2, 0) is 19.1 Å². The molecule has 78 valence electrons. The van der Waals surface area contributed by atoms with Gasteiger partial charge in [-0.05, 0) is 6.42 Å². The van der Waals surface area contributed by atoms with Gasteiger partial charge >= 0.3 is 5.97 Å². The largest absolute Gasteiger partial charge is 0.467 e. The molecular weight excluding hydrogens is 188 g/mol. The molecule has 0 aliphatic carbocycles. The number of ether oxygens (including phenoxy) is 1. The van der Waals surface area contributed by atoms with E-state index in [1.54, 1.807) is 0 Å². The Balaban J connectivity index is 4.08. The summed E-state index contributed by atoms with van der Waals surface area (Å²) < 4.78 is 4.40. The Labute approximate surface area is 81.1 Å². The Morgan fingerprint density at radius 2 is 2.21 bits per heavy atom. The second-order valence-electron chi connectivity index (χ2n) is 2.51. The first-order chi connectivity index (χ1) is 6.65. The summed E-state index contributed by atoms with van der Waals surface area (Å²) in [6.45, 7) is 0.